The summed E-state index contributed by atoms with van der Waals surface area (Å²) in [6, 6.07) is 8.63. The van der Waals surface area contributed by atoms with E-state index in [1.54, 1.807) is 23.9 Å². The molecule has 1 aromatic heterocycles. The zero-order valence-corrected chi connectivity index (χ0v) is 17.3. The fourth-order valence-corrected chi connectivity index (χ4v) is 4.55. The second-order valence-electron chi connectivity index (χ2n) is 5.74. The van der Waals surface area contributed by atoms with Gasteiger partial charge in [-0.15, -0.1) is 0 Å². The highest BCUT2D eigenvalue weighted by Crippen LogP contribution is 2.37. The number of carbonyl (C=O) groups is 1. The largest absolute Gasteiger partial charge is 0.454 e. The summed E-state index contributed by atoms with van der Waals surface area (Å²) in [6.07, 6.45) is 2.04. The number of thiazole rings is 1. The molecule has 1 aliphatic rings. The smallest absolute Gasteiger partial charge is 0.281 e. The van der Waals surface area contributed by atoms with Gasteiger partial charge in [-0.2, -0.15) is 16.8 Å². The SMILES string of the molecule is CSCCn1c(=NC(=O)c2cc(Cl)ccc2Cl)sc2cc3c(cc21)OCO3. The van der Waals surface area contributed by atoms with E-state index >= 15 is 0 Å². The van der Waals surface area contributed by atoms with Crippen LogP contribution < -0.4 is 14.3 Å². The number of carbonyl (C=O) groups excluding carboxylic acids is 1. The van der Waals surface area contributed by atoms with Crippen molar-refractivity contribution < 1.29 is 14.3 Å². The van der Waals surface area contributed by atoms with E-state index in [0.29, 0.717) is 26.3 Å². The Kier molecular flexibility index (Phi) is 5.36. The first-order valence-electron chi connectivity index (χ1n) is 8.03. The molecule has 0 atom stereocenters. The number of amides is 1. The van der Waals surface area contributed by atoms with Crippen LogP contribution in [0.15, 0.2) is 35.3 Å². The Hall–Kier alpha value is -1.67. The minimum absolute atomic E-state index is 0.223. The molecule has 2 aromatic carbocycles. The lowest BCUT2D eigenvalue weighted by atomic mass is 10.2. The molecule has 4 rings (SSSR count). The van der Waals surface area contributed by atoms with Gasteiger partial charge in [-0.25, -0.2) is 0 Å². The number of halogens is 2. The molecule has 0 saturated carbocycles. The topological polar surface area (TPSA) is 52.8 Å². The minimum atomic E-state index is -0.424. The molecule has 3 aromatic rings. The quantitative estimate of drug-likeness (QED) is 0.581. The third kappa shape index (κ3) is 3.69. The van der Waals surface area contributed by atoms with Crippen LogP contribution in [0.5, 0.6) is 11.5 Å². The highest BCUT2D eigenvalue weighted by Gasteiger charge is 2.18. The lowest BCUT2D eigenvalue weighted by Gasteiger charge is -2.05. The molecule has 0 N–H and O–H groups in total. The van der Waals surface area contributed by atoms with Crippen molar-refractivity contribution in [1.82, 2.24) is 4.57 Å². The molecular weight excluding hydrogens is 427 g/mol. The molecule has 27 heavy (non-hydrogen) atoms. The van der Waals surface area contributed by atoms with Crippen LogP contribution in [-0.4, -0.2) is 29.3 Å². The van der Waals surface area contributed by atoms with Crippen LogP contribution in [-0.2, 0) is 6.54 Å². The highest BCUT2D eigenvalue weighted by molar-refractivity contribution is 7.98. The molecule has 0 radical (unpaired) electrons. The fraction of sp³-hybridized carbons (Fsp3) is 0.222. The van der Waals surface area contributed by atoms with Gasteiger partial charge in [0.2, 0.25) is 6.79 Å². The van der Waals surface area contributed by atoms with Crippen molar-refractivity contribution in [3.8, 4) is 11.5 Å². The summed E-state index contributed by atoms with van der Waals surface area (Å²) in [5.41, 5.74) is 1.24. The summed E-state index contributed by atoms with van der Waals surface area (Å²) in [6.45, 7) is 0.941. The van der Waals surface area contributed by atoms with E-state index in [0.717, 1.165) is 22.5 Å². The van der Waals surface area contributed by atoms with E-state index in [-0.39, 0.29) is 12.4 Å². The van der Waals surface area contributed by atoms with Gasteiger partial charge in [-0.05, 0) is 24.5 Å². The van der Waals surface area contributed by atoms with Crippen molar-refractivity contribution in [3.05, 3.63) is 50.7 Å². The Bertz CT molecular complexity index is 1110. The number of ether oxygens (including phenoxy) is 2. The van der Waals surface area contributed by atoms with Gasteiger partial charge < -0.3 is 14.0 Å². The molecule has 0 saturated heterocycles. The molecule has 0 fully saturated rings. The van der Waals surface area contributed by atoms with Crippen LogP contribution in [0, 0.1) is 0 Å². The van der Waals surface area contributed by atoms with Crippen molar-refractivity contribution in [3.63, 3.8) is 0 Å². The van der Waals surface area contributed by atoms with Crippen LogP contribution >= 0.6 is 46.3 Å². The van der Waals surface area contributed by atoms with Gasteiger partial charge in [0.25, 0.3) is 5.91 Å². The number of hydrogen-bond acceptors (Lipinski definition) is 5. The van der Waals surface area contributed by atoms with Crippen LogP contribution in [0.2, 0.25) is 10.0 Å². The first-order chi connectivity index (χ1) is 13.1. The maximum Gasteiger partial charge on any atom is 0.281 e. The van der Waals surface area contributed by atoms with Crippen LogP contribution in [0.4, 0.5) is 0 Å². The minimum Gasteiger partial charge on any atom is -0.454 e. The maximum absolute atomic E-state index is 12.7. The fourth-order valence-electron chi connectivity index (χ4n) is 2.75. The number of thioether (sulfide) groups is 1. The Balaban J connectivity index is 1.85. The predicted molar refractivity (Wildman–Crippen MR) is 111 cm³/mol. The average molecular weight is 441 g/mol. The number of rotatable bonds is 4. The van der Waals surface area contributed by atoms with Crippen LogP contribution in [0.1, 0.15) is 10.4 Å². The maximum atomic E-state index is 12.7. The van der Waals surface area contributed by atoms with Crippen molar-refractivity contribution in [2.24, 2.45) is 4.99 Å². The van der Waals surface area contributed by atoms with Gasteiger partial charge >= 0.3 is 0 Å². The molecule has 0 aliphatic carbocycles. The van der Waals surface area contributed by atoms with E-state index in [1.165, 1.54) is 17.4 Å². The van der Waals surface area contributed by atoms with E-state index < -0.39 is 5.91 Å². The van der Waals surface area contributed by atoms with Gasteiger partial charge in [-0.1, -0.05) is 34.5 Å². The summed E-state index contributed by atoms with van der Waals surface area (Å²) in [4.78, 5) is 17.7. The van der Waals surface area contributed by atoms with Gasteiger partial charge in [0.1, 0.15) is 0 Å². The van der Waals surface area contributed by atoms with Crippen molar-refractivity contribution in [2.45, 2.75) is 6.54 Å². The number of aryl methyl sites for hydroxylation is 1. The van der Waals surface area contributed by atoms with E-state index in [9.17, 15) is 4.79 Å². The monoisotopic (exact) mass is 440 g/mol. The molecule has 0 bridgehead atoms. The van der Waals surface area contributed by atoms with E-state index in [1.807, 2.05) is 23.0 Å². The van der Waals surface area contributed by atoms with Crippen molar-refractivity contribution in [1.29, 1.82) is 0 Å². The standard InChI is InChI=1S/C18H14Cl2N2O3S2/c1-26-5-4-22-13-7-14-15(25-9-24-14)8-16(13)27-18(22)21-17(23)11-6-10(19)2-3-12(11)20/h2-3,6-8H,4-5,9H2,1H3. The zero-order valence-electron chi connectivity index (χ0n) is 14.2. The van der Waals surface area contributed by atoms with Gasteiger partial charge in [-0.3, -0.25) is 4.79 Å². The lowest BCUT2D eigenvalue weighted by Crippen LogP contribution is -2.18. The first kappa shape index (κ1) is 18.7. The van der Waals surface area contributed by atoms with Gasteiger partial charge in [0.05, 0.1) is 20.8 Å². The molecule has 0 spiro atoms. The predicted octanol–water partition coefficient (Wildman–Crippen LogP) is 4.84. The first-order valence-corrected chi connectivity index (χ1v) is 11.0. The Morgan fingerprint density at radius 3 is 2.81 bits per heavy atom. The zero-order chi connectivity index (χ0) is 19.0. The third-order valence-electron chi connectivity index (χ3n) is 4.05. The molecule has 1 amide bonds. The van der Waals surface area contributed by atoms with E-state index in [2.05, 4.69) is 4.99 Å². The van der Waals surface area contributed by atoms with E-state index in [4.69, 9.17) is 32.7 Å². The Morgan fingerprint density at radius 2 is 2.04 bits per heavy atom. The second-order valence-corrected chi connectivity index (χ2v) is 8.58. The molecule has 5 nitrogen and oxygen atoms in total. The Morgan fingerprint density at radius 1 is 1.26 bits per heavy atom. The molecule has 0 unspecified atom stereocenters. The summed E-state index contributed by atoms with van der Waals surface area (Å²) in [5, 5.41) is 0.765. The molecule has 2 heterocycles. The van der Waals surface area contributed by atoms with Crippen LogP contribution in [0.25, 0.3) is 10.2 Å². The third-order valence-corrected chi connectivity index (χ3v) is 6.25. The molecular formula is C18H14Cl2N2O3S2. The number of nitrogens with zero attached hydrogens (tertiary/aromatic N) is 2. The van der Waals surface area contributed by atoms with Gasteiger partial charge in [0, 0.05) is 29.5 Å². The Labute approximate surface area is 173 Å². The number of benzene rings is 2. The average Bonchev–Trinajstić information content (AvgIpc) is 3.23. The summed E-state index contributed by atoms with van der Waals surface area (Å²) >= 11 is 15.3. The molecule has 140 valence electrons. The second kappa shape index (κ2) is 7.75. The molecule has 1 aliphatic heterocycles. The summed E-state index contributed by atoms with van der Waals surface area (Å²) < 4.78 is 13.9. The number of aromatic nitrogens is 1. The normalized spacial score (nSPS) is 13.5. The van der Waals surface area contributed by atoms with Crippen molar-refractivity contribution >= 4 is 62.4 Å². The van der Waals surface area contributed by atoms with Gasteiger partial charge in [0.15, 0.2) is 16.3 Å². The summed E-state index contributed by atoms with van der Waals surface area (Å²) in [5.74, 6) is 1.87. The lowest BCUT2D eigenvalue weighted by molar-refractivity contribution is 0.0998. The number of fused-ring (bicyclic) bond motifs is 2. The number of hydrogen-bond donors (Lipinski definition) is 0. The van der Waals surface area contributed by atoms with Crippen molar-refractivity contribution in [2.75, 3.05) is 18.8 Å². The summed E-state index contributed by atoms with van der Waals surface area (Å²) in [7, 11) is 0. The molecule has 9 heteroatoms. The highest BCUT2D eigenvalue weighted by atomic mass is 35.5. The van der Waals surface area contributed by atoms with Crippen LogP contribution in [0.3, 0.4) is 0 Å².